The molecule has 0 spiro atoms. The van der Waals surface area contributed by atoms with Crippen molar-refractivity contribution >= 4 is 65.4 Å². The van der Waals surface area contributed by atoms with E-state index < -0.39 is 0 Å². The number of rotatable bonds is 6. The van der Waals surface area contributed by atoms with Crippen LogP contribution in [0.2, 0.25) is 0 Å². The van der Waals surface area contributed by atoms with E-state index in [2.05, 4.69) is 240 Å². The van der Waals surface area contributed by atoms with Gasteiger partial charge in [0.05, 0.1) is 44.5 Å². The summed E-state index contributed by atoms with van der Waals surface area (Å²) in [4.78, 5) is 10.4. The first kappa shape index (κ1) is 37.1. The van der Waals surface area contributed by atoms with Gasteiger partial charge in [-0.1, -0.05) is 133 Å². The highest BCUT2D eigenvalue weighted by atomic mass is 15.0. The molecule has 4 heterocycles. The molecule has 13 rings (SSSR count). The Morgan fingerprint density at radius 1 is 0.292 bits per heavy atom. The molecule has 4 aromatic heterocycles. The molecule has 5 heteroatoms. The van der Waals surface area contributed by atoms with Crippen LogP contribution in [0.5, 0.6) is 0 Å². The molecule has 0 aliphatic heterocycles. The Kier molecular flexibility index (Phi) is 8.27. The third kappa shape index (κ3) is 5.79. The van der Waals surface area contributed by atoms with Crippen molar-refractivity contribution in [3.05, 3.63) is 223 Å². The number of nitrogens with zero attached hydrogens (tertiary/aromatic N) is 5. The lowest BCUT2D eigenvalue weighted by Gasteiger charge is -2.13. The third-order valence-electron chi connectivity index (χ3n) is 13.4. The lowest BCUT2D eigenvalue weighted by atomic mass is 10.0. The number of benzene rings is 9. The van der Waals surface area contributed by atoms with Crippen LogP contribution in [0.15, 0.2) is 212 Å². The van der Waals surface area contributed by atoms with Gasteiger partial charge in [0.1, 0.15) is 0 Å². The minimum absolute atomic E-state index is 0.725. The second-order valence-corrected chi connectivity index (χ2v) is 17.1. The molecule has 0 saturated heterocycles. The van der Waals surface area contributed by atoms with Crippen LogP contribution in [0.4, 0.5) is 0 Å². The summed E-state index contributed by atoms with van der Waals surface area (Å²) in [6.45, 7) is 4.26. The van der Waals surface area contributed by atoms with Crippen molar-refractivity contribution in [2.45, 2.75) is 13.8 Å². The van der Waals surface area contributed by atoms with Crippen LogP contribution < -0.4 is 0 Å². The Morgan fingerprint density at radius 3 is 1.14 bits per heavy atom. The molecule has 5 nitrogen and oxygen atoms in total. The molecule has 0 amide bonds. The van der Waals surface area contributed by atoms with Crippen LogP contribution in [0.25, 0.3) is 116 Å². The molecule has 0 aliphatic carbocycles. The van der Waals surface area contributed by atoms with E-state index in [1.54, 1.807) is 0 Å². The van der Waals surface area contributed by atoms with E-state index in [4.69, 9.17) is 9.97 Å². The van der Waals surface area contributed by atoms with Gasteiger partial charge in [-0.05, 0) is 104 Å². The van der Waals surface area contributed by atoms with Gasteiger partial charge in [-0.2, -0.15) is 0 Å². The molecule has 0 radical (unpaired) electrons. The van der Waals surface area contributed by atoms with Gasteiger partial charge < -0.3 is 13.7 Å². The topological polar surface area (TPSA) is 40.6 Å². The Labute approximate surface area is 375 Å². The largest absolute Gasteiger partial charge is 0.309 e. The quantitative estimate of drug-likeness (QED) is 0.167. The highest BCUT2D eigenvalue weighted by molar-refractivity contribution is 6.14. The monoisotopic (exact) mass is 831 g/mol. The summed E-state index contributed by atoms with van der Waals surface area (Å²) >= 11 is 0. The highest BCUT2D eigenvalue weighted by Gasteiger charge is 2.20. The predicted octanol–water partition coefficient (Wildman–Crippen LogP) is 15.4. The predicted molar refractivity (Wildman–Crippen MR) is 271 cm³/mol. The number of aromatic nitrogens is 5. The van der Waals surface area contributed by atoms with Gasteiger partial charge in [-0.15, -0.1) is 0 Å². The maximum absolute atomic E-state index is 5.21. The first-order chi connectivity index (χ1) is 32.1. The molecular formula is C60H41N5. The van der Waals surface area contributed by atoms with Gasteiger partial charge in [0.25, 0.3) is 0 Å². The van der Waals surface area contributed by atoms with Crippen LogP contribution in [0.3, 0.4) is 0 Å². The van der Waals surface area contributed by atoms with E-state index in [1.807, 2.05) is 0 Å². The minimum Gasteiger partial charge on any atom is -0.309 e. The second-order valence-electron chi connectivity index (χ2n) is 17.1. The summed E-state index contributed by atoms with van der Waals surface area (Å²) in [6.07, 6.45) is 0. The van der Waals surface area contributed by atoms with Crippen molar-refractivity contribution < 1.29 is 0 Å². The molecule has 0 N–H and O–H groups in total. The molecule has 13 aromatic rings. The normalized spacial score (nSPS) is 11.8. The molecule has 306 valence electrons. The van der Waals surface area contributed by atoms with E-state index in [-0.39, 0.29) is 0 Å². The molecule has 0 unspecified atom stereocenters. The molecule has 65 heavy (non-hydrogen) atoms. The molecule has 0 bridgehead atoms. The molecule has 0 saturated carbocycles. The number of para-hydroxylation sites is 4. The van der Waals surface area contributed by atoms with E-state index in [1.165, 1.54) is 59.9 Å². The van der Waals surface area contributed by atoms with E-state index in [9.17, 15) is 0 Å². The van der Waals surface area contributed by atoms with Crippen molar-refractivity contribution in [1.82, 2.24) is 23.7 Å². The van der Waals surface area contributed by atoms with Gasteiger partial charge in [-0.25, -0.2) is 9.97 Å². The third-order valence-corrected chi connectivity index (χ3v) is 13.4. The van der Waals surface area contributed by atoms with Crippen LogP contribution in [0, 0.1) is 13.8 Å². The number of hydrogen-bond acceptors (Lipinski definition) is 2. The van der Waals surface area contributed by atoms with Crippen molar-refractivity contribution in [2.24, 2.45) is 0 Å². The average Bonchev–Trinajstić information content (AvgIpc) is 3.99. The lowest BCUT2D eigenvalue weighted by molar-refractivity contribution is 1.15. The summed E-state index contributed by atoms with van der Waals surface area (Å²) in [7, 11) is 0. The van der Waals surface area contributed by atoms with Gasteiger partial charge in [0.2, 0.25) is 0 Å². The van der Waals surface area contributed by atoms with E-state index >= 15 is 0 Å². The van der Waals surface area contributed by atoms with Crippen molar-refractivity contribution in [3.8, 4) is 51.0 Å². The maximum atomic E-state index is 5.21. The lowest BCUT2D eigenvalue weighted by Crippen LogP contribution is -1.99. The minimum atomic E-state index is 0.725. The summed E-state index contributed by atoms with van der Waals surface area (Å²) < 4.78 is 7.24. The zero-order valence-corrected chi connectivity index (χ0v) is 35.9. The average molecular weight is 832 g/mol. The smallest absolute Gasteiger partial charge is 0.160 e. The molecule has 0 atom stereocenters. The Hall–Kier alpha value is -8.54. The van der Waals surface area contributed by atoms with Crippen molar-refractivity contribution in [1.29, 1.82) is 0 Å². The molecule has 9 aromatic carbocycles. The molecule has 0 aliphatic rings. The second kappa shape index (κ2) is 14.5. The SMILES string of the molecule is Cc1ccccc1-c1cc(-c2ccc(-n3c4ccc(-n5c6ccccc6c6ccccc65)cc4c4cc(-n5c6ccccc6c6ccccc65)ccc43)cc2)nc(-c2ccccc2C)n1. The fraction of sp³-hybridized carbons (Fsp3) is 0.0333. The molecule has 0 fully saturated rings. The number of fused-ring (bicyclic) bond motifs is 9. The van der Waals surface area contributed by atoms with Crippen LogP contribution in [-0.4, -0.2) is 23.7 Å². The standard InChI is InChI=1S/C60H41N5/c1-38-15-3-5-17-44(38)53-37-52(61-60(62-53)45-18-6-4-16-39(45)2)40-27-29-41(30-28-40)63-58-33-31-42(64-54-23-11-7-19-46(54)47-20-8-12-24-55(47)64)35-50(58)51-36-43(32-34-59(51)63)65-56-25-13-9-21-48(56)49-22-10-14-26-57(49)65/h3-37H,1-2H3. The van der Waals surface area contributed by atoms with Crippen LogP contribution >= 0.6 is 0 Å². The van der Waals surface area contributed by atoms with Crippen LogP contribution in [-0.2, 0) is 0 Å². The van der Waals surface area contributed by atoms with Gasteiger partial charge in [0, 0.05) is 66.1 Å². The van der Waals surface area contributed by atoms with Crippen LogP contribution in [0.1, 0.15) is 11.1 Å². The zero-order chi connectivity index (χ0) is 43.2. The Morgan fingerprint density at radius 2 is 0.662 bits per heavy atom. The highest BCUT2D eigenvalue weighted by Crippen LogP contribution is 2.40. The van der Waals surface area contributed by atoms with E-state index in [0.29, 0.717) is 0 Å². The van der Waals surface area contributed by atoms with Crippen molar-refractivity contribution in [2.75, 3.05) is 0 Å². The summed E-state index contributed by atoms with van der Waals surface area (Å²) in [6, 6.07) is 76.7. The fourth-order valence-electron chi connectivity index (χ4n) is 10.3. The summed E-state index contributed by atoms with van der Waals surface area (Å²) in [5.41, 5.74) is 17.7. The van der Waals surface area contributed by atoms with E-state index in [0.717, 1.165) is 67.6 Å². The Balaban J connectivity index is 1.02. The first-order valence-corrected chi connectivity index (χ1v) is 22.2. The number of hydrogen-bond donors (Lipinski definition) is 0. The maximum Gasteiger partial charge on any atom is 0.160 e. The number of aryl methyl sites for hydroxylation is 2. The zero-order valence-electron chi connectivity index (χ0n) is 35.9. The fourth-order valence-corrected chi connectivity index (χ4v) is 10.3. The summed E-state index contributed by atoms with van der Waals surface area (Å²) in [5.74, 6) is 0.725. The molecular weight excluding hydrogens is 791 g/mol. The van der Waals surface area contributed by atoms with Gasteiger partial charge >= 0.3 is 0 Å². The summed E-state index contributed by atoms with van der Waals surface area (Å²) in [5, 5.41) is 7.38. The Bertz CT molecular complexity index is 3690. The van der Waals surface area contributed by atoms with Gasteiger partial charge in [0.15, 0.2) is 5.82 Å². The van der Waals surface area contributed by atoms with Crippen molar-refractivity contribution in [3.63, 3.8) is 0 Å². The first-order valence-electron chi connectivity index (χ1n) is 22.2. The van der Waals surface area contributed by atoms with Gasteiger partial charge in [-0.3, -0.25) is 0 Å².